The van der Waals surface area contributed by atoms with Gasteiger partial charge in [0.1, 0.15) is 10.8 Å². The number of amides is 1. The smallest absolute Gasteiger partial charge is 0.410 e. The van der Waals surface area contributed by atoms with E-state index in [1.54, 1.807) is 0 Å². The van der Waals surface area contributed by atoms with Gasteiger partial charge in [0.15, 0.2) is 0 Å². The van der Waals surface area contributed by atoms with Gasteiger partial charge in [0.25, 0.3) is 0 Å². The zero-order chi connectivity index (χ0) is 17.9. The molecule has 0 radical (unpaired) electrons. The summed E-state index contributed by atoms with van der Waals surface area (Å²) in [5, 5.41) is 5.57. The van der Waals surface area contributed by atoms with Crippen molar-refractivity contribution in [3.63, 3.8) is 0 Å². The van der Waals surface area contributed by atoms with Gasteiger partial charge in [-0.15, -0.1) is 11.3 Å². The van der Waals surface area contributed by atoms with Gasteiger partial charge < -0.3 is 9.64 Å². The number of carbonyl (C=O) groups excluding carboxylic acids is 1. The molecule has 1 N–H and O–H groups in total. The molecule has 26 heavy (non-hydrogen) atoms. The second kappa shape index (κ2) is 7.22. The number of hydrogen-bond donors (Lipinski definition) is 1. The maximum atomic E-state index is 12.1. The number of rotatable bonds is 4. The Bertz CT molecular complexity index is 921. The van der Waals surface area contributed by atoms with Crippen molar-refractivity contribution >= 4 is 28.1 Å². The highest BCUT2D eigenvalue weighted by molar-refractivity contribution is 7.14. The zero-order valence-corrected chi connectivity index (χ0v) is 15.4. The monoisotopic (exact) mass is 364 g/mol. The van der Waals surface area contributed by atoms with Crippen molar-refractivity contribution in [2.75, 3.05) is 16.8 Å². The first-order valence-electron chi connectivity index (χ1n) is 8.64. The summed E-state index contributed by atoms with van der Waals surface area (Å²) in [5.41, 5.74) is 4.78. The number of fused-ring (bicyclic) bond motifs is 1. The summed E-state index contributed by atoms with van der Waals surface area (Å²) in [7, 11) is 0. The van der Waals surface area contributed by atoms with E-state index in [2.05, 4.69) is 34.5 Å². The average Bonchev–Trinajstić information content (AvgIpc) is 3.22. The van der Waals surface area contributed by atoms with Crippen LogP contribution in [0.4, 0.5) is 15.5 Å². The van der Waals surface area contributed by atoms with Crippen LogP contribution in [-0.4, -0.2) is 12.6 Å². The average molecular weight is 364 g/mol. The van der Waals surface area contributed by atoms with E-state index in [1.165, 1.54) is 28.2 Å². The molecule has 1 amide bonds. The fraction of sp³-hybridized carbons (Fsp3) is 0.190. The summed E-state index contributed by atoms with van der Waals surface area (Å²) >= 11 is 1.49. The highest BCUT2D eigenvalue weighted by atomic mass is 32.1. The first-order valence-corrected chi connectivity index (χ1v) is 9.52. The molecule has 0 saturated heterocycles. The van der Waals surface area contributed by atoms with Crippen molar-refractivity contribution in [2.45, 2.75) is 19.9 Å². The van der Waals surface area contributed by atoms with Gasteiger partial charge in [-0.1, -0.05) is 30.3 Å². The van der Waals surface area contributed by atoms with Crippen LogP contribution in [0.5, 0.6) is 5.75 Å². The van der Waals surface area contributed by atoms with E-state index in [0.717, 1.165) is 30.1 Å². The predicted molar refractivity (Wildman–Crippen MR) is 106 cm³/mol. The van der Waals surface area contributed by atoms with Crippen molar-refractivity contribution < 1.29 is 9.53 Å². The first-order chi connectivity index (χ1) is 12.7. The van der Waals surface area contributed by atoms with E-state index in [0.29, 0.717) is 5.75 Å². The summed E-state index contributed by atoms with van der Waals surface area (Å²) in [6.45, 7) is 3.84. The molecule has 2 aromatic carbocycles. The largest absolute Gasteiger partial charge is 0.417 e. The number of nitrogens with one attached hydrogen (secondary N) is 1. The molecule has 1 aliphatic rings. The van der Waals surface area contributed by atoms with Crippen molar-refractivity contribution in [3.8, 4) is 5.75 Å². The van der Waals surface area contributed by atoms with Gasteiger partial charge >= 0.3 is 6.09 Å². The van der Waals surface area contributed by atoms with Crippen LogP contribution in [0.1, 0.15) is 16.7 Å². The van der Waals surface area contributed by atoms with Gasteiger partial charge in [0.05, 0.1) is 0 Å². The Labute approximate surface area is 157 Å². The number of benzene rings is 2. The van der Waals surface area contributed by atoms with Crippen LogP contribution in [-0.2, 0) is 13.0 Å². The Morgan fingerprint density at radius 2 is 2.04 bits per heavy atom. The molecule has 0 aliphatic carbocycles. The number of thiophene rings is 1. The molecule has 1 aliphatic heterocycles. The van der Waals surface area contributed by atoms with Crippen LogP contribution < -0.4 is 15.0 Å². The molecular weight excluding hydrogens is 344 g/mol. The summed E-state index contributed by atoms with van der Waals surface area (Å²) in [4.78, 5) is 14.5. The Hall–Kier alpha value is -2.79. The molecule has 0 atom stereocenters. The second-order valence-corrected chi connectivity index (χ2v) is 7.31. The maximum Gasteiger partial charge on any atom is 0.417 e. The SMILES string of the molecule is Cc1ccsc1NC(=O)Oc1ccc2c(c1)CCN2Cc1ccccc1. The van der Waals surface area contributed by atoms with E-state index in [9.17, 15) is 4.79 Å². The molecule has 3 aromatic rings. The summed E-state index contributed by atoms with van der Waals surface area (Å²) in [6.07, 6.45) is 0.514. The van der Waals surface area contributed by atoms with Crippen molar-refractivity contribution in [1.29, 1.82) is 0 Å². The lowest BCUT2D eigenvalue weighted by Crippen LogP contribution is -2.19. The third kappa shape index (κ3) is 3.58. The Kier molecular flexibility index (Phi) is 4.63. The number of anilines is 2. The van der Waals surface area contributed by atoms with Crippen molar-refractivity contribution in [1.82, 2.24) is 0 Å². The van der Waals surface area contributed by atoms with Gasteiger partial charge in [0.2, 0.25) is 0 Å². The highest BCUT2D eigenvalue weighted by Gasteiger charge is 2.20. The lowest BCUT2D eigenvalue weighted by molar-refractivity contribution is 0.215. The van der Waals surface area contributed by atoms with Gasteiger partial charge in [0, 0.05) is 18.8 Å². The van der Waals surface area contributed by atoms with Crippen LogP contribution in [0.25, 0.3) is 0 Å². The molecule has 2 heterocycles. The predicted octanol–water partition coefficient (Wildman–Crippen LogP) is 5.23. The van der Waals surface area contributed by atoms with Gasteiger partial charge in [-0.05, 0) is 59.7 Å². The highest BCUT2D eigenvalue weighted by Crippen LogP contribution is 2.32. The molecule has 4 rings (SSSR count). The van der Waals surface area contributed by atoms with Crippen LogP contribution in [0.3, 0.4) is 0 Å². The minimum Gasteiger partial charge on any atom is -0.410 e. The van der Waals surface area contributed by atoms with Gasteiger partial charge in [-0.2, -0.15) is 0 Å². The molecule has 4 nitrogen and oxygen atoms in total. The maximum absolute atomic E-state index is 12.1. The molecule has 0 saturated carbocycles. The molecule has 0 fully saturated rings. The topological polar surface area (TPSA) is 41.6 Å². The standard InChI is InChI=1S/C21H20N2O2S/c1-15-10-12-26-20(15)22-21(24)25-18-7-8-19-17(13-18)9-11-23(19)14-16-5-3-2-4-6-16/h2-8,10,12-13H,9,11,14H2,1H3,(H,22,24). The number of hydrogen-bond acceptors (Lipinski definition) is 4. The fourth-order valence-corrected chi connectivity index (χ4v) is 4.01. The molecule has 1 aromatic heterocycles. The van der Waals surface area contributed by atoms with E-state index in [1.807, 2.05) is 42.6 Å². The summed E-state index contributed by atoms with van der Waals surface area (Å²) in [6, 6.07) is 18.3. The normalized spacial score (nSPS) is 12.7. The van der Waals surface area contributed by atoms with Crippen LogP contribution >= 0.6 is 11.3 Å². The third-order valence-corrected chi connectivity index (χ3v) is 5.48. The molecule has 0 unspecified atom stereocenters. The Balaban J connectivity index is 1.43. The third-order valence-electron chi connectivity index (χ3n) is 4.55. The van der Waals surface area contributed by atoms with Crippen molar-refractivity contribution in [3.05, 3.63) is 76.7 Å². The second-order valence-electron chi connectivity index (χ2n) is 6.39. The summed E-state index contributed by atoms with van der Waals surface area (Å²) < 4.78 is 5.46. The van der Waals surface area contributed by atoms with Gasteiger partial charge in [-0.3, -0.25) is 5.32 Å². The lowest BCUT2D eigenvalue weighted by atomic mass is 10.1. The van der Waals surface area contributed by atoms with Crippen LogP contribution in [0.2, 0.25) is 0 Å². The number of nitrogens with zero attached hydrogens (tertiary/aromatic N) is 1. The number of carbonyl (C=O) groups is 1. The van der Waals surface area contributed by atoms with Gasteiger partial charge in [-0.25, -0.2) is 4.79 Å². The van der Waals surface area contributed by atoms with E-state index < -0.39 is 6.09 Å². The molecule has 5 heteroatoms. The zero-order valence-electron chi connectivity index (χ0n) is 14.6. The van der Waals surface area contributed by atoms with E-state index in [4.69, 9.17) is 4.74 Å². The molecule has 0 bridgehead atoms. The Morgan fingerprint density at radius 1 is 1.19 bits per heavy atom. The summed E-state index contributed by atoms with van der Waals surface area (Å²) in [5.74, 6) is 0.581. The molecular formula is C21H20N2O2S. The molecule has 0 spiro atoms. The molecule has 132 valence electrons. The number of aryl methyl sites for hydroxylation is 1. The van der Waals surface area contributed by atoms with Crippen LogP contribution in [0.15, 0.2) is 60.0 Å². The first kappa shape index (κ1) is 16.7. The van der Waals surface area contributed by atoms with E-state index >= 15 is 0 Å². The van der Waals surface area contributed by atoms with Crippen molar-refractivity contribution in [2.24, 2.45) is 0 Å². The minimum atomic E-state index is -0.449. The fourth-order valence-electron chi connectivity index (χ4n) is 3.20. The lowest BCUT2D eigenvalue weighted by Gasteiger charge is -2.19. The number of ether oxygens (including phenoxy) is 1. The van der Waals surface area contributed by atoms with E-state index in [-0.39, 0.29) is 0 Å². The minimum absolute atomic E-state index is 0.449. The quantitative estimate of drug-likeness (QED) is 0.689. The Morgan fingerprint density at radius 3 is 2.81 bits per heavy atom. The van der Waals surface area contributed by atoms with Crippen LogP contribution in [0, 0.1) is 6.92 Å².